The first-order chi connectivity index (χ1) is 12.4. The molecule has 132 valence electrons. The highest BCUT2D eigenvalue weighted by Gasteiger charge is 2.54. The molecule has 0 saturated carbocycles. The molecule has 0 radical (unpaired) electrons. The van der Waals surface area contributed by atoms with Crippen LogP contribution in [0.2, 0.25) is 0 Å². The molecule has 3 heteroatoms. The van der Waals surface area contributed by atoms with Crippen LogP contribution in [0.4, 0.5) is 5.69 Å². The van der Waals surface area contributed by atoms with E-state index < -0.39 is 5.60 Å². The van der Waals surface area contributed by atoms with E-state index in [4.69, 9.17) is 9.73 Å². The van der Waals surface area contributed by atoms with Crippen molar-refractivity contribution in [2.75, 3.05) is 13.6 Å². The Bertz CT molecular complexity index is 983. The minimum Gasteiger partial charge on any atom is -0.477 e. The van der Waals surface area contributed by atoms with Gasteiger partial charge in [0.1, 0.15) is 11.4 Å². The SMILES string of the molecule is C=C/C=C1\C(=C)C(C)(C)C2(C=Nc3c(ccc4ccccc34)O2)CN1C. The molecular weight excluding hydrogens is 320 g/mol. The third-order valence-corrected chi connectivity index (χ3v) is 5.84. The van der Waals surface area contributed by atoms with E-state index in [-0.39, 0.29) is 5.41 Å². The molecule has 1 saturated heterocycles. The van der Waals surface area contributed by atoms with Gasteiger partial charge in [-0.1, -0.05) is 63.4 Å². The fourth-order valence-corrected chi connectivity index (χ4v) is 3.98. The normalized spacial score (nSPS) is 25.4. The van der Waals surface area contributed by atoms with E-state index in [1.807, 2.05) is 36.6 Å². The third-order valence-electron chi connectivity index (χ3n) is 5.84. The minimum absolute atomic E-state index is 0.304. The number of nitrogens with zero attached hydrogens (tertiary/aromatic N) is 2. The van der Waals surface area contributed by atoms with E-state index >= 15 is 0 Å². The van der Waals surface area contributed by atoms with E-state index in [0.29, 0.717) is 6.54 Å². The van der Waals surface area contributed by atoms with Crippen LogP contribution in [0.3, 0.4) is 0 Å². The number of hydrogen-bond donors (Lipinski definition) is 0. The van der Waals surface area contributed by atoms with Crippen LogP contribution in [-0.4, -0.2) is 30.3 Å². The lowest BCUT2D eigenvalue weighted by Crippen LogP contribution is -2.62. The van der Waals surface area contributed by atoms with Gasteiger partial charge >= 0.3 is 0 Å². The van der Waals surface area contributed by atoms with Crippen molar-refractivity contribution >= 4 is 22.7 Å². The van der Waals surface area contributed by atoms with Gasteiger partial charge in [0.15, 0.2) is 5.60 Å². The maximum Gasteiger partial charge on any atom is 0.170 e. The van der Waals surface area contributed by atoms with Crippen LogP contribution in [0.5, 0.6) is 5.75 Å². The highest BCUT2D eigenvalue weighted by atomic mass is 16.5. The van der Waals surface area contributed by atoms with Gasteiger partial charge in [-0.05, 0) is 23.1 Å². The summed E-state index contributed by atoms with van der Waals surface area (Å²) in [6.45, 7) is 13.3. The number of benzene rings is 2. The van der Waals surface area contributed by atoms with Crippen molar-refractivity contribution in [3.05, 3.63) is 73.0 Å². The van der Waals surface area contributed by atoms with Crippen molar-refractivity contribution in [2.45, 2.75) is 19.4 Å². The molecule has 3 nitrogen and oxygen atoms in total. The summed E-state index contributed by atoms with van der Waals surface area (Å²) in [4.78, 5) is 7.05. The number of piperidine rings is 1. The van der Waals surface area contributed by atoms with Crippen molar-refractivity contribution in [1.29, 1.82) is 0 Å². The predicted molar refractivity (Wildman–Crippen MR) is 109 cm³/mol. The molecule has 26 heavy (non-hydrogen) atoms. The van der Waals surface area contributed by atoms with Gasteiger partial charge in [0, 0.05) is 23.5 Å². The zero-order valence-corrected chi connectivity index (χ0v) is 15.6. The molecule has 1 fully saturated rings. The summed E-state index contributed by atoms with van der Waals surface area (Å²) in [7, 11) is 2.06. The molecule has 0 N–H and O–H groups in total. The van der Waals surface area contributed by atoms with Crippen LogP contribution in [-0.2, 0) is 0 Å². The van der Waals surface area contributed by atoms with Crippen LogP contribution < -0.4 is 4.74 Å². The van der Waals surface area contributed by atoms with Crippen molar-refractivity contribution in [2.24, 2.45) is 10.4 Å². The number of rotatable bonds is 1. The first kappa shape index (κ1) is 16.6. The highest BCUT2D eigenvalue weighted by molar-refractivity contribution is 5.98. The van der Waals surface area contributed by atoms with Crippen LogP contribution in [0, 0.1) is 5.41 Å². The molecule has 1 spiro atoms. The lowest BCUT2D eigenvalue weighted by Gasteiger charge is -2.53. The van der Waals surface area contributed by atoms with Gasteiger partial charge in [-0.2, -0.15) is 0 Å². The third kappa shape index (κ3) is 2.16. The molecule has 2 aliphatic heterocycles. The van der Waals surface area contributed by atoms with E-state index in [1.54, 1.807) is 0 Å². The quantitative estimate of drug-likeness (QED) is 0.704. The topological polar surface area (TPSA) is 24.8 Å². The summed E-state index contributed by atoms with van der Waals surface area (Å²) in [6.07, 6.45) is 5.80. The van der Waals surface area contributed by atoms with Gasteiger partial charge in [-0.25, -0.2) is 0 Å². The highest BCUT2D eigenvalue weighted by Crippen LogP contribution is 2.51. The van der Waals surface area contributed by atoms with Crippen LogP contribution >= 0.6 is 0 Å². The number of aliphatic imine (C=N–C) groups is 1. The number of hydrogen-bond acceptors (Lipinski definition) is 3. The average molecular weight is 344 g/mol. The zero-order chi connectivity index (χ0) is 18.5. The Labute approximate surface area is 155 Å². The van der Waals surface area contributed by atoms with Gasteiger partial charge < -0.3 is 9.64 Å². The van der Waals surface area contributed by atoms with Crippen LogP contribution in [0.1, 0.15) is 13.8 Å². The molecule has 0 amide bonds. The summed E-state index contributed by atoms with van der Waals surface area (Å²) < 4.78 is 6.65. The van der Waals surface area contributed by atoms with E-state index in [1.165, 1.54) is 5.39 Å². The second-order valence-corrected chi connectivity index (χ2v) is 7.63. The average Bonchev–Trinajstić information content (AvgIpc) is 2.64. The first-order valence-corrected chi connectivity index (χ1v) is 8.89. The maximum absolute atomic E-state index is 6.65. The number of likely N-dealkylation sites (N-methyl/N-ethyl adjacent to an activating group) is 1. The predicted octanol–water partition coefficient (Wildman–Crippen LogP) is 5.27. The van der Waals surface area contributed by atoms with Crippen molar-refractivity contribution in [3.63, 3.8) is 0 Å². The summed E-state index contributed by atoms with van der Waals surface area (Å²) in [5.41, 5.74) is 2.16. The molecular formula is C23H24N2O. The maximum atomic E-state index is 6.65. The van der Waals surface area contributed by atoms with Gasteiger partial charge in [-0.3, -0.25) is 4.99 Å². The lowest BCUT2D eigenvalue weighted by molar-refractivity contribution is 0.00558. The van der Waals surface area contributed by atoms with E-state index in [2.05, 4.69) is 57.2 Å². The van der Waals surface area contributed by atoms with Crippen LogP contribution in [0.25, 0.3) is 10.8 Å². The fraction of sp³-hybridized carbons (Fsp3) is 0.261. The van der Waals surface area contributed by atoms with Crippen LogP contribution in [0.15, 0.2) is 78.0 Å². The Morgan fingerprint density at radius 2 is 1.96 bits per heavy atom. The summed E-state index contributed by atoms with van der Waals surface area (Å²) in [5, 5.41) is 2.28. The molecule has 2 heterocycles. The summed E-state index contributed by atoms with van der Waals surface area (Å²) in [6, 6.07) is 12.4. The van der Waals surface area contributed by atoms with Gasteiger partial charge in [0.05, 0.1) is 12.8 Å². The monoisotopic (exact) mass is 344 g/mol. The van der Waals surface area contributed by atoms with Crippen molar-refractivity contribution in [3.8, 4) is 5.75 Å². The standard InChI is InChI=1S/C23H24N2O/c1-6-9-19-16(2)22(3,4)23(15-25(19)5)14-24-21-18-11-8-7-10-17(18)12-13-20(21)26-23/h6-14H,1-2,15H2,3-5H3/b19-9+. The molecule has 2 aromatic carbocycles. The second kappa shape index (κ2) is 5.60. The minimum atomic E-state index is -0.563. The Morgan fingerprint density at radius 3 is 2.73 bits per heavy atom. The molecule has 1 atom stereocenters. The van der Waals surface area contributed by atoms with Gasteiger partial charge in [-0.15, -0.1) is 0 Å². The van der Waals surface area contributed by atoms with E-state index in [0.717, 1.165) is 28.1 Å². The lowest BCUT2D eigenvalue weighted by atomic mass is 9.66. The van der Waals surface area contributed by atoms with Gasteiger partial charge in [0.25, 0.3) is 0 Å². The molecule has 1 unspecified atom stereocenters. The van der Waals surface area contributed by atoms with E-state index in [9.17, 15) is 0 Å². The smallest absolute Gasteiger partial charge is 0.170 e. The number of fused-ring (bicyclic) bond motifs is 3. The molecule has 2 aliphatic rings. The summed E-state index contributed by atoms with van der Waals surface area (Å²) in [5.74, 6) is 0.830. The molecule has 0 aromatic heterocycles. The Kier molecular flexibility index (Phi) is 3.58. The molecule has 2 aromatic rings. The zero-order valence-electron chi connectivity index (χ0n) is 15.6. The number of likely N-dealkylation sites (tertiary alicyclic amines) is 1. The fourth-order valence-electron chi connectivity index (χ4n) is 3.98. The number of ether oxygens (including phenoxy) is 1. The molecule has 0 aliphatic carbocycles. The number of allylic oxidation sites excluding steroid dienone is 3. The Balaban J connectivity index is 1.84. The Hall–Kier alpha value is -2.81. The Morgan fingerprint density at radius 1 is 1.19 bits per heavy atom. The first-order valence-electron chi connectivity index (χ1n) is 8.89. The second-order valence-electron chi connectivity index (χ2n) is 7.63. The van der Waals surface area contributed by atoms with Crippen molar-refractivity contribution < 1.29 is 4.74 Å². The van der Waals surface area contributed by atoms with Crippen molar-refractivity contribution in [1.82, 2.24) is 4.90 Å². The van der Waals surface area contributed by atoms with Gasteiger partial charge in [0.2, 0.25) is 0 Å². The molecule has 0 bridgehead atoms. The summed E-state index contributed by atoms with van der Waals surface area (Å²) >= 11 is 0. The molecule has 4 rings (SSSR count). The largest absolute Gasteiger partial charge is 0.477 e.